The molecule has 6 nitrogen and oxygen atoms in total. The first-order valence-electron chi connectivity index (χ1n) is 7.98. The topological polar surface area (TPSA) is 71.7 Å². The standard InChI is InChI=1S/C17H22N4O2S.3ClH/c1-23-15-4-2-13(3-5-15)17-19-14(12-24-17)11-20-6-8-21(9-7-20)16(22)10-18;;;/h2-5,12H,6-11,18H2,1H3;3*1H. The Labute approximate surface area is 182 Å². The van der Waals surface area contributed by atoms with Crippen LogP contribution in [0, 0.1) is 0 Å². The van der Waals surface area contributed by atoms with Gasteiger partial charge in [-0.2, -0.15) is 0 Å². The lowest BCUT2D eigenvalue weighted by Crippen LogP contribution is -2.49. The van der Waals surface area contributed by atoms with Crippen molar-refractivity contribution in [1.29, 1.82) is 0 Å². The number of halogens is 3. The van der Waals surface area contributed by atoms with E-state index in [0.717, 1.165) is 54.7 Å². The lowest BCUT2D eigenvalue weighted by Gasteiger charge is -2.34. The first-order chi connectivity index (χ1) is 11.7. The molecule has 2 aromatic rings. The van der Waals surface area contributed by atoms with Crippen molar-refractivity contribution < 1.29 is 9.53 Å². The number of benzene rings is 1. The summed E-state index contributed by atoms with van der Waals surface area (Å²) in [6, 6.07) is 7.95. The van der Waals surface area contributed by atoms with Crippen molar-refractivity contribution in [2.75, 3.05) is 39.8 Å². The highest BCUT2D eigenvalue weighted by Gasteiger charge is 2.20. The van der Waals surface area contributed by atoms with Crippen LogP contribution in [-0.2, 0) is 11.3 Å². The molecule has 2 N–H and O–H groups in total. The summed E-state index contributed by atoms with van der Waals surface area (Å²) < 4.78 is 5.18. The van der Waals surface area contributed by atoms with Crippen LogP contribution >= 0.6 is 48.6 Å². The largest absolute Gasteiger partial charge is 0.497 e. The van der Waals surface area contributed by atoms with E-state index in [4.69, 9.17) is 15.5 Å². The molecule has 3 rings (SSSR count). The third-order valence-corrected chi connectivity index (χ3v) is 5.11. The zero-order valence-electron chi connectivity index (χ0n) is 15.0. The SMILES string of the molecule is COc1ccc(-c2nc(CN3CCN(C(=O)CN)CC3)cs2)cc1.Cl.Cl.Cl. The third kappa shape index (κ3) is 6.78. The van der Waals surface area contributed by atoms with Gasteiger partial charge in [0.25, 0.3) is 0 Å². The van der Waals surface area contributed by atoms with Crippen molar-refractivity contribution in [2.24, 2.45) is 5.73 Å². The maximum absolute atomic E-state index is 11.6. The summed E-state index contributed by atoms with van der Waals surface area (Å²) in [5, 5.41) is 3.13. The molecule has 10 heteroatoms. The summed E-state index contributed by atoms with van der Waals surface area (Å²) in [4.78, 5) is 20.5. The predicted octanol–water partition coefficient (Wildman–Crippen LogP) is 2.69. The normalized spacial score (nSPS) is 13.8. The smallest absolute Gasteiger partial charge is 0.236 e. The van der Waals surface area contributed by atoms with Crippen molar-refractivity contribution in [3.63, 3.8) is 0 Å². The number of rotatable bonds is 5. The monoisotopic (exact) mass is 454 g/mol. The van der Waals surface area contributed by atoms with Crippen molar-refractivity contribution in [1.82, 2.24) is 14.8 Å². The number of nitrogens with two attached hydrogens (primary N) is 1. The molecule has 1 aromatic carbocycles. The predicted molar refractivity (Wildman–Crippen MR) is 117 cm³/mol. The second-order valence-electron chi connectivity index (χ2n) is 5.73. The maximum Gasteiger partial charge on any atom is 0.236 e. The fourth-order valence-corrected chi connectivity index (χ4v) is 3.58. The Bertz CT molecular complexity index is 692. The summed E-state index contributed by atoms with van der Waals surface area (Å²) in [5.41, 5.74) is 7.59. The summed E-state index contributed by atoms with van der Waals surface area (Å²) in [5.74, 6) is 0.880. The van der Waals surface area contributed by atoms with Gasteiger partial charge >= 0.3 is 0 Å². The molecule has 0 spiro atoms. The number of piperazine rings is 1. The minimum atomic E-state index is 0. The molecule has 0 aliphatic carbocycles. The van der Waals surface area contributed by atoms with E-state index in [1.54, 1.807) is 18.4 Å². The van der Waals surface area contributed by atoms with Crippen molar-refractivity contribution in [3.8, 4) is 16.3 Å². The van der Waals surface area contributed by atoms with Gasteiger partial charge in [0.15, 0.2) is 0 Å². The number of methoxy groups -OCH3 is 1. The third-order valence-electron chi connectivity index (χ3n) is 4.17. The molecule has 152 valence electrons. The zero-order valence-corrected chi connectivity index (χ0v) is 18.3. The van der Waals surface area contributed by atoms with Gasteiger partial charge in [0.2, 0.25) is 5.91 Å². The van der Waals surface area contributed by atoms with Crippen molar-refractivity contribution >= 4 is 54.5 Å². The molecule has 0 atom stereocenters. The van der Waals surface area contributed by atoms with E-state index in [1.165, 1.54) is 0 Å². The number of ether oxygens (including phenoxy) is 1. The van der Waals surface area contributed by atoms with Crippen LogP contribution in [0.4, 0.5) is 0 Å². The van der Waals surface area contributed by atoms with E-state index in [0.29, 0.717) is 0 Å². The Balaban J connectivity index is 0.00000225. The number of amides is 1. The van der Waals surface area contributed by atoms with Crippen LogP contribution in [0.5, 0.6) is 5.75 Å². The summed E-state index contributed by atoms with van der Waals surface area (Å²) in [7, 11) is 1.66. The van der Waals surface area contributed by atoms with Crippen LogP contribution in [0.1, 0.15) is 5.69 Å². The lowest BCUT2D eigenvalue weighted by atomic mass is 10.2. The fraction of sp³-hybridized carbons (Fsp3) is 0.412. The molecule has 1 aliphatic heterocycles. The van der Waals surface area contributed by atoms with Gasteiger partial charge < -0.3 is 15.4 Å². The molecule has 2 heterocycles. The van der Waals surface area contributed by atoms with Gasteiger partial charge in [0.05, 0.1) is 19.3 Å². The summed E-state index contributed by atoms with van der Waals surface area (Å²) >= 11 is 1.65. The fourth-order valence-electron chi connectivity index (χ4n) is 2.76. The van der Waals surface area contributed by atoms with Crippen LogP contribution in [0.15, 0.2) is 29.6 Å². The highest BCUT2D eigenvalue weighted by molar-refractivity contribution is 7.13. The Morgan fingerprint density at radius 3 is 2.33 bits per heavy atom. The van der Waals surface area contributed by atoms with Gasteiger partial charge in [-0.3, -0.25) is 9.69 Å². The first-order valence-corrected chi connectivity index (χ1v) is 8.86. The van der Waals surface area contributed by atoms with E-state index in [-0.39, 0.29) is 49.7 Å². The molecular formula is C17H25Cl3N4O2S. The van der Waals surface area contributed by atoms with Crippen LogP contribution in [0.2, 0.25) is 0 Å². The van der Waals surface area contributed by atoms with Crippen LogP contribution in [0.3, 0.4) is 0 Å². The molecule has 1 saturated heterocycles. The Hall–Kier alpha value is -1.09. The van der Waals surface area contributed by atoms with E-state index >= 15 is 0 Å². The average molecular weight is 456 g/mol. The van der Waals surface area contributed by atoms with E-state index < -0.39 is 0 Å². The van der Waals surface area contributed by atoms with E-state index in [9.17, 15) is 4.79 Å². The van der Waals surface area contributed by atoms with Crippen molar-refractivity contribution in [3.05, 3.63) is 35.3 Å². The van der Waals surface area contributed by atoms with E-state index in [2.05, 4.69) is 10.3 Å². The first kappa shape index (κ1) is 25.9. The quantitative estimate of drug-likeness (QED) is 0.750. The van der Waals surface area contributed by atoms with Crippen LogP contribution in [-0.4, -0.2) is 60.5 Å². The highest BCUT2D eigenvalue weighted by Crippen LogP contribution is 2.26. The minimum Gasteiger partial charge on any atom is -0.497 e. The summed E-state index contributed by atoms with van der Waals surface area (Å²) in [6.45, 7) is 4.12. The van der Waals surface area contributed by atoms with Gasteiger partial charge in [0.1, 0.15) is 10.8 Å². The molecule has 1 amide bonds. The Kier molecular flexibility index (Phi) is 11.9. The molecule has 27 heavy (non-hydrogen) atoms. The lowest BCUT2D eigenvalue weighted by molar-refractivity contribution is -0.131. The number of aromatic nitrogens is 1. The van der Waals surface area contributed by atoms with Crippen LogP contribution < -0.4 is 10.5 Å². The average Bonchev–Trinajstić information content (AvgIpc) is 3.10. The molecule has 1 fully saturated rings. The summed E-state index contributed by atoms with van der Waals surface area (Å²) in [6.07, 6.45) is 0. The van der Waals surface area contributed by atoms with Crippen LogP contribution in [0.25, 0.3) is 10.6 Å². The molecule has 0 saturated carbocycles. The highest BCUT2D eigenvalue weighted by atomic mass is 35.5. The Morgan fingerprint density at radius 1 is 1.15 bits per heavy atom. The molecule has 1 aliphatic rings. The van der Waals surface area contributed by atoms with Crippen molar-refractivity contribution in [2.45, 2.75) is 6.54 Å². The van der Waals surface area contributed by atoms with Gasteiger partial charge in [-0.05, 0) is 24.3 Å². The second-order valence-corrected chi connectivity index (χ2v) is 6.59. The number of carbonyl (C=O) groups excluding carboxylic acids is 1. The zero-order chi connectivity index (χ0) is 16.9. The second kappa shape index (κ2) is 12.4. The van der Waals surface area contributed by atoms with Gasteiger partial charge in [-0.25, -0.2) is 4.98 Å². The Morgan fingerprint density at radius 2 is 1.78 bits per heavy atom. The molecule has 0 radical (unpaired) electrons. The number of hydrogen-bond donors (Lipinski definition) is 1. The number of hydrogen-bond acceptors (Lipinski definition) is 6. The molecule has 0 bridgehead atoms. The molecule has 1 aromatic heterocycles. The maximum atomic E-state index is 11.6. The minimum absolute atomic E-state index is 0. The van der Waals surface area contributed by atoms with Gasteiger partial charge in [-0.1, -0.05) is 0 Å². The van der Waals surface area contributed by atoms with E-state index in [1.807, 2.05) is 29.2 Å². The number of carbonyl (C=O) groups is 1. The van der Waals surface area contributed by atoms with Gasteiger partial charge in [-0.15, -0.1) is 48.6 Å². The molecule has 0 unspecified atom stereocenters. The number of nitrogens with zero attached hydrogens (tertiary/aromatic N) is 3. The molecular weight excluding hydrogens is 431 g/mol. The number of thiazole rings is 1. The van der Waals surface area contributed by atoms with Gasteiger partial charge in [0, 0.05) is 43.7 Å².